The predicted octanol–water partition coefficient (Wildman–Crippen LogP) is 6.45. The van der Waals surface area contributed by atoms with Gasteiger partial charge in [-0.25, -0.2) is 23.6 Å². The third kappa shape index (κ3) is 17.9. The fourth-order valence-electron chi connectivity index (χ4n) is 9.17. The number of carbonyl (C=O) groups is 4. The number of carbonyl (C=O) groups excluding carboxylic acids is 4. The maximum Gasteiger partial charge on any atom is 0.277 e. The zero-order chi connectivity index (χ0) is 57.6. The van der Waals surface area contributed by atoms with Gasteiger partial charge in [-0.2, -0.15) is 0 Å². The van der Waals surface area contributed by atoms with E-state index in [4.69, 9.17) is 38.8 Å². The van der Waals surface area contributed by atoms with Gasteiger partial charge in [-0.1, -0.05) is 43.3 Å². The van der Waals surface area contributed by atoms with Crippen LogP contribution >= 0.6 is 33.9 Å². The minimum absolute atomic E-state index is 0.126. The summed E-state index contributed by atoms with van der Waals surface area (Å²) in [7, 11) is 0. The van der Waals surface area contributed by atoms with Crippen LogP contribution in [0.4, 0.5) is 24.5 Å². The number of nitrogens with two attached hydrogens (primary N) is 1. The van der Waals surface area contributed by atoms with Crippen molar-refractivity contribution in [1.29, 1.82) is 0 Å². The summed E-state index contributed by atoms with van der Waals surface area (Å²) in [5.41, 5.74) is 10.5. The smallest absolute Gasteiger partial charge is 0.277 e. The third-order valence-electron chi connectivity index (χ3n) is 13.1. The number of anilines is 2. The number of rotatable bonds is 35. The summed E-state index contributed by atoms with van der Waals surface area (Å²) in [4.78, 5) is 67.0. The lowest BCUT2D eigenvalue weighted by atomic mass is 9.73. The Kier molecular flexibility index (Phi) is 25.5. The number of aliphatic hydroxyl groups is 1. The summed E-state index contributed by atoms with van der Waals surface area (Å²) < 4.78 is 77.1. The Hall–Kier alpha value is -5.62. The Morgan fingerprint density at radius 3 is 2.09 bits per heavy atom. The third-order valence-corrected chi connectivity index (χ3v) is 14.7. The first kappa shape index (κ1) is 63.6. The summed E-state index contributed by atoms with van der Waals surface area (Å²) in [6.45, 7) is 12.0. The highest BCUT2D eigenvalue weighted by molar-refractivity contribution is 14.1. The van der Waals surface area contributed by atoms with Gasteiger partial charge in [0.25, 0.3) is 5.91 Å². The molecular weight excluding hydrogens is 1180 g/mol. The second-order valence-corrected chi connectivity index (χ2v) is 21.3. The summed E-state index contributed by atoms with van der Waals surface area (Å²) in [5, 5.41) is 23.7. The van der Waals surface area contributed by atoms with E-state index < -0.39 is 70.2 Å². The number of aryl methyl sites for hydroxylation is 2. The number of β-amino-alcohol motifs (C(OH)–C–C–N with tert-alkyl or cyclic N) is 1. The molecule has 2 unspecified atom stereocenters. The van der Waals surface area contributed by atoms with Crippen LogP contribution in [0.5, 0.6) is 0 Å². The van der Waals surface area contributed by atoms with E-state index in [1.54, 1.807) is 24.6 Å². The zero-order valence-electron chi connectivity index (χ0n) is 45.2. The van der Waals surface area contributed by atoms with E-state index in [-0.39, 0.29) is 62.9 Å². The number of aromatic nitrogens is 2. The molecule has 3 aromatic carbocycles. The highest BCUT2D eigenvalue weighted by Crippen LogP contribution is 2.46. The van der Waals surface area contributed by atoms with Gasteiger partial charge >= 0.3 is 0 Å². The second kappa shape index (κ2) is 32.1. The first-order valence-corrected chi connectivity index (χ1v) is 28.2. The lowest BCUT2D eigenvalue weighted by Gasteiger charge is -2.43. The van der Waals surface area contributed by atoms with Gasteiger partial charge in [0.05, 0.1) is 117 Å². The van der Waals surface area contributed by atoms with Crippen LogP contribution in [0.25, 0.3) is 10.4 Å². The second-order valence-electron chi connectivity index (χ2n) is 19.2. The number of hydrogen-bond acceptors (Lipinski definition) is 17. The molecule has 0 bridgehead atoms. The van der Waals surface area contributed by atoms with Gasteiger partial charge in [0.15, 0.2) is 11.6 Å². The number of aliphatic hydroxyl groups excluding tert-OH is 1. The largest absolute Gasteiger partial charge is 0.391 e. The Bertz CT molecular complexity index is 2790. The number of hydrogen-bond donors (Lipinski definition) is 6. The molecule has 0 aliphatic carbocycles. The van der Waals surface area contributed by atoms with Crippen LogP contribution in [0.15, 0.2) is 70.7 Å². The van der Waals surface area contributed by atoms with Gasteiger partial charge in [-0.15, -0.1) is 11.3 Å². The quantitative estimate of drug-likeness (QED) is 0.0145. The standard InChI is InChI=1S/C55H70F3IN8O12S/c1-34(2)48(46-28-35(3)65-79-46)53(71)67-32-40(68)31-55(67,54(60)72)42(37-6-8-38(9-7-37)51-36(4)63-33-80-51)30-47(69)62-16-19-74-21-23-76-25-27-77-26-24-75-22-20-73-18-15-61-14-5-17-78-66-52(70)41-11-12-43(56)49(58)50(41)64-45-13-10-39(59)29-44(45)57/h6-13,28-29,33-34,40,42,48,61,64,68H,5,14-27,30-32H2,1-4H3,(H2,60,72)(H,62,69)(H,66,70)/t40?,42-,48+,55?/m0/s1. The molecule has 1 aliphatic rings. The van der Waals surface area contributed by atoms with Gasteiger partial charge in [-0.3, -0.25) is 24.0 Å². The fourth-order valence-corrected chi connectivity index (χ4v) is 10.4. The molecule has 0 spiro atoms. The van der Waals surface area contributed by atoms with E-state index in [0.29, 0.717) is 93.0 Å². The number of benzene rings is 3. The molecule has 4 amide bonds. The number of ether oxygens (including phenoxy) is 5. The van der Waals surface area contributed by atoms with Gasteiger partial charge in [0, 0.05) is 48.0 Å². The molecule has 6 rings (SSSR count). The predicted molar refractivity (Wildman–Crippen MR) is 299 cm³/mol. The lowest BCUT2D eigenvalue weighted by molar-refractivity contribution is -0.148. The maximum absolute atomic E-state index is 14.7. The summed E-state index contributed by atoms with van der Waals surface area (Å²) in [6, 6.07) is 15.1. The molecule has 4 atom stereocenters. The highest BCUT2D eigenvalue weighted by Gasteiger charge is 2.58. The summed E-state index contributed by atoms with van der Waals surface area (Å²) >= 11 is 3.40. The van der Waals surface area contributed by atoms with E-state index in [9.17, 15) is 37.5 Å². The van der Waals surface area contributed by atoms with E-state index in [0.717, 1.165) is 28.3 Å². The van der Waals surface area contributed by atoms with Crippen molar-refractivity contribution in [3.63, 3.8) is 0 Å². The number of nitrogens with one attached hydrogen (secondary N) is 4. The van der Waals surface area contributed by atoms with E-state index in [2.05, 4.69) is 31.6 Å². The van der Waals surface area contributed by atoms with Crippen molar-refractivity contribution in [2.45, 2.75) is 70.4 Å². The Balaban J connectivity index is 0.805. The van der Waals surface area contributed by atoms with Crippen LogP contribution in [0, 0.1) is 40.8 Å². The topological polar surface area (TPSA) is 260 Å². The number of primary amides is 1. The van der Waals surface area contributed by atoms with Crippen molar-refractivity contribution in [3.05, 3.63) is 115 Å². The molecule has 20 nitrogen and oxygen atoms in total. The van der Waals surface area contributed by atoms with Crippen LogP contribution in [0.2, 0.25) is 0 Å². The van der Waals surface area contributed by atoms with Gasteiger partial charge in [-0.05, 0) is 96.8 Å². The van der Waals surface area contributed by atoms with Crippen LogP contribution in [0.1, 0.15) is 78.0 Å². The average molecular weight is 1250 g/mol. The van der Waals surface area contributed by atoms with Crippen molar-refractivity contribution in [2.75, 3.05) is 104 Å². The number of likely N-dealkylation sites (tertiary alicyclic amines) is 1. The molecule has 25 heteroatoms. The number of hydroxylamine groups is 1. The highest BCUT2D eigenvalue weighted by atomic mass is 127. The summed E-state index contributed by atoms with van der Waals surface area (Å²) in [6.07, 6.45) is -0.969. The van der Waals surface area contributed by atoms with Crippen LogP contribution in [-0.4, -0.2) is 154 Å². The van der Waals surface area contributed by atoms with Gasteiger partial charge in [0.1, 0.15) is 23.0 Å². The normalized spacial score (nSPS) is 16.0. The van der Waals surface area contributed by atoms with Crippen LogP contribution in [-0.2, 0) is 42.9 Å². The number of thiazole rings is 1. The van der Waals surface area contributed by atoms with Gasteiger partial charge < -0.3 is 59.9 Å². The van der Waals surface area contributed by atoms with Crippen molar-refractivity contribution < 1.29 is 70.5 Å². The molecule has 2 aromatic heterocycles. The first-order valence-electron chi connectivity index (χ1n) is 26.2. The molecule has 80 heavy (non-hydrogen) atoms. The molecule has 1 aliphatic heterocycles. The lowest BCUT2D eigenvalue weighted by Crippen LogP contribution is -2.61. The monoisotopic (exact) mass is 1250 g/mol. The first-order chi connectivity index (χ1) is 38.5. The van der Waals surface area contributed by atoms with Gasteiger partial charge in [0.2, 0.25) is 17.7 Å². The van der Waals surface area contributed by atoms with E-state index in [1.807, 2.05) is 67.6 Å². The number of amides is 4. The molecule has 5 aromatic rings. The van der Waals surface area contributed by atoms with Crippen molar-refractivity contribution in [3.8, 4) is 10.4 Å². The molecule has 7 N–H and O–H groups in total. The Morgan fingerprint density at radius 1 is 0.850 bits per heavy atom. The van der Waals surface area contributed by atoms with Crippen LogP contribution < -0.4 is 27.2 Å². The summed E-state index contributed by atoms with van der Waals surface area (Å²) in [5.74, 6) is -7.49. The molecular formula is C55H70F3IN8O12S. The van der Waals surface area contributed by atoms with Crippen molar-refractivity contribution >= 4 is 68.9 Å². The molecule has 3 heterocycles. The number of nitrogens with zero attached hydrogens (tertiary/aromatic N) is 3. The number of halogens is 4. The molecule has 0 saturated carbocycles. The minimum Gasteiger partial charge on any atom is -0.391 e. The van der Waals surface area contributed by atoms with E-state index >= 15 is 0 Å². The Morgan fingerprint density at radius 2 is 1.50 bits per heavy atom. The van der Waals surface area contributed by atoms with Crippen LogP contribution in [0.3, 0.4) is 0 Å². The maximum atomic E-state index is 14.7. The molecule has 1 fully saturated rings. The molecule has 1 saturated heterocycles. The van der Waals surface area contributed by atoms with Crippen molar-refractivity contribution in [1.82, 2.24) is 31.2 Å². The minimum atomic E-state index is -1.77. The molecule has 436 valence electrons. The SMILES string of the molecule is Cc1cc([C@H](C(=O)N2CC(O)CC2(C(N)=O)[C@@H](CC(=O)NCCOCCOCCOCCOCCOCCNCCCONC(=O)c2ccc(F)c(F)c2Nc2ccc(I)cc2F)c2ccc(-c3scnc3C)cc2)C(C)C)on1. The Labute approximate surface area is 480 Å². The van der Waals surface area contributed by atoms with Crippen molar-refractivity contribution in [2.24, 2.45) is 11.7 Å². The fraction of sp³-hybridized carbons (Fsp3) is 0.491. The van der Waals surface area contributed by atoms with E-state index in [1.165, 1.54) is 28.4 Å². The zero-order valence-corrected chi connectivity index (χ0v) is 48.1. The molecule has 0 radical (unpaired) electrons. The average Bonchev–Trinajstić information content (AvgIpc) is 4.21.